The van der Waals surface area contributed by atoms with Crippen LogP contribution >= 0.6 is 11.8 Å². The highest BCUT2D eigenvalue weighted by molar-refractivity contribution is 7.99. The van der Waals surface area contributed by atoms with Crippen LogP contribution in [0, 0.1) is 0 Å². The molecule has 1 unspecified atom stereocenters. The van der Waals surface area contributed by atoms with Gasteiger partial charge in [0.2, 0.25) is 0 Å². The van der Waals surface area contributed by atoms with Gasteiger partial charge in [-0.1, -0.05) is 70.1 Å². The Labute approximate surface area is 147 Å². The molecule has 0 saturated heterocycles. The molecule has 1 atom stereocenters. The van der Waals surface area contributed by atoms with Crippen molar-refractivity contribution in [2.75, 3.05) is 12.4 Å². The van der Waals surface area contributed by atoms with Crippen molar-refractivity contribution in [3.63, 3.8) is 0 Å². The zero-order valence-electron chi connectivity index (χ0n) is 14.8. The molecule has 0 radical (unpaired) electrons. The zero-order valence-corrected chi connectivity index (χ0v) is 15.7. The van der Waals surface area contributed by atoms with E-state index >= 15 is 0 Å². The van der Waals surface area contributed by atoms with E-state index in [1.54, 1.807) is 0 Å². The maximum absolute atomic E-state index is 5.89. The van der Waals surface area contributed by atoms with Crippen LogP contribution in [0.25, 0.3) is 0 Å². The van der Waals surface area contributed by atoms with E-state index < -0.39 is 0 Å². The molecule has 0 heterocycles. The molecule has 0 bridgehead atoms. The van der Waals surface area contributed by atoms with E-state index in [0.717, 1.165) is 18.8 Å². The second kappa shape index (κ2) is 14.9. The van der Waals surface area contributed by atoms with E-state index in [9.17, 15) is 0 Å². The second-order valence-electron chi connectivity index (χ2n) is 6.16. The predicted molar refractivity (Wildman–Crippen MR) is 104 cm³/mol. The Bertz CT molecular complexity index is 358. The van der Waals surface area contributed by atoms with Crippen molar-refractivity contribution >= 4 is 11.8 Å². The molecule has 0 aliphatic rings. The van der Waals surface area contributed by atoms with Gasteiger partial charge in [0.25, 0.3) is 0 Å². The molecule has 23 heavy (non-hydrogen) atoms. The van der Waals surface area contributed by atoms with Crippen molar-refractivity contribution in [1.82, 2.24) is 0 Å². The van der Waals surface area contributed by atoms with E-state index in [0.29, 0.717) is 5.37 Å². The van der Waals surface area contributed by atoms with Gasteiger partial charge in [-0.3, -0.25) is 0 Å². The van der Waals surface area contributed by atoms with E-state index in [1.807, 2.05) is 42.1 Å². The third-order valence-corrected chi connectivity index (χ3v) is 5.32. The third kappa shape index (κ3) is 12.4. The first-order valence-corrected chi connectivity index (χ1v) is 10.4. The van der Waals surface area contributed by atoms with Gasteiger partial charge in [0.05, 0.1) is 12.0 Å². The number of unbranched alkanes of at least 4 members (excludes halogenated alkanes) is 8. The van der Waals surface area contributed by atoms with Crippen LogP contribution < -0.4 is 10.5 Å². The summed E-state index contributed by atoms with van der Waals surface area (Å²) >= 11 is 1.92. The first kappa shape index (κ1) is 20.4. The van der Waals surface area contributed by atoms with E-state index in [1.165, 1.54) is 63.5 Å². The molecule has 3 heteroatoms. The number of hydrogen-bond acceptors (Lipinski definition) is 3. The molecule has 0 saturated carbocycles. The maximum Gasteiger partial charge on any atom is 0.119 e. The minimum absolute atomic E-state index is 0.348. The molecule has 1 aromatic carbocycles. The minimum atomic E-state index is 0.348. The van der Waals surface area contributed by atoms with Crippen molar-refractivity contribution in [1.29, 1.82) is 0 Å². The fourth-order valence-corrected chi connectivity index (χ4v) is 3.41. The van der Waals surface area contributed by atoms with Gasteiger partial charge in [-0.15, -0.1) is 11.8 Å². The standard InChI is InChI=1S/C20H35NOS/c1-2-20(21)23-18-14-9-7-5-3-4-6-8-13-17-22-19-15-11-10-12-16-19/h10-12,15-16,20H,2-9,13-14,17-18,21H2,1H3. The van der Waals surface area contributed by atoms with Crippen LogP contribution in [0.2, 0.25) is 0 Å². The summed E-state index contributed by atoms with van der Waals surface area (Å²) in [5.74, 6) is 2.22. The molecular formula is C20H35NOS. The van der Waals surface area contributed by atoms with Gasteiger partial charge < -0.3 is 10.5 Å². The molecule has 0 fully saturated rings. The molecule has 1 aromatic rings. The molecule has 2 nitrogen and oxygen atoms in total. The summed E-state index contributed by atoms with van der Waals surface area (Å²) in [6.45, 7) is 3.01. The van der Waals surface area contributed by atoms with Crippen LogP contribution in [0.15, 0.2) is 30.3 Å². The van der Waals surface area contributed by atoms with Crippen molar-refractivity contribution in [3.05, 3.63) is 30.3 Å². The number of rotatable bonds is 15. The van der Waals surface area contributed by atoms with Gasteiger partial charge in [-0.05, 0) is 37.1 Å². The lowest BCUT2D eigenvalue weighted by molar-refractivity contribution is 0.304. The topological polar surface area (TPSA) is 35.2 Å². The van der Waals surface area contributed by atoms with E-state index in [-0.39, 0.29) is 0 Å². The number of para-hydroxylation sites is 1. The largest absolute Gasteiger partial charge is 0.494 e. The zero-order chi connectivity index (χ0) is 16.6. The fourth-order valence-electron chi connectivity index (χ4n) is 2.50. The molecule has 0 spiro atoms. The molecule has 2 N–H and O–H groups in total. The average Bonchev–Trinajstić information content (AvgIpc) is 2.59. The van der Waals surface area contributed by atoms with Crippen LogP contribution in [-0.2, 0) is 0 Å². The van der Waals surface area contributed by atoms with Crippen LogP contribution in [0.3, 0.4) is 0 Å². The second-order valence-corrected chi connectivity index (χ2v) is 7.51. The van der Waals surface area contributed by atoms with Crippen molar-refractivity contribution in [3.8, 4) is 5.75 Å². The monoisotopic (exact) mass is 337 g/mol. The summed E-state index contributed by atoms with van der Waals surface area (Å²) in [5, 5.41) is 0.348. The van der Waals surface area contributed by atoms with Gasteiger partial charge in [-0.25, -0.2) is 0 Å². The van der Waals surface area contributed by atoms with E-state index in [2.05, 4.69) is 6.92 Å². The van der Waals surface area contributed by atoms with Crippen LogP contribution in [0.1, 0.15) is 71.1 Å². The molecule has 0 amide bonds. The quantitative estimate of drug-likeness (QED) is 0.315. The number of nitrogens with two attached hydrogens (primary N) is 1. The molecule has 1 rings (SSSR count). The van der Waals surface area contributed by atoms with Gasteiger partial charge in [0, 0.05) is 0 Å². The number of thioether (sulfide) groups is 1. The summed E-state index contributed by atoms with van der Waals surface area (Å²) < 4.78 is 5.70. The smallest absolute Gasteiger partial charge is 0.119 e. The van der Waals surface area contributed by atoms with Crippen LogP contribution in [0.5, 0.6) is 5.75 Å². The van der Waals surface area contributed by atoms with E-state index in [4.69, 9.17) is 10.5 Å². The van der Waals surface area contributed by atoms with Gasteiger partial charge >= 0.3 is 0 Å². The first-order valence-electron chi connectivity index (χ1n) is 9.38. The lowest BCUT2D eigenvalue weighted by Gasteiger charge is -2.07. The predicted octanol–water partition coefficient (Wildman–Crippen LogP) is 6.00. The van der Waals surface area contributed by atoms with Gasteiger partial charge in [0.1, 0.15) is 5.75 Å². The van der Waals surface area contributed by atoms with Gasteiger partial charge in [-0.2, -0.15) is 0 Å². The summed E-state index contributed by atoms with van der Waals surface area (Å²) in [5.41, 5.74) is 5.89. The molecular weight excluding hydrogens is 302 g/mol. The number of hydrogen-bond donors (Lipinski definition) is 1. The van der Waals surface area contributed by atoms with Crippen molar-refractivity contribution < 1.29 is 4.74 Å². The van der Waals surface area contributed by atoms with Crippen molar-refractivity contribution in [2.45, 2.75) is 76.5 Å². The lowest BCUT2D eigenvalue weighted by Crippen LogP contribution is -2.13. The Morgan fingerprint density at radius 1 is 0.870 bits per heavy atom. The number of ether oxygens (including phenoxy) is 1. The molecule has 0 aromatic heterocycles. The highest BCUT2D eigenvalue weighted by Crippen LogP contribution is 2.15. The highest BCUT2D eigenvalue weighted by atomic mass is 32.2. The summed E-state index contributed by atoms with van der Waals surface area (Å²) in [4.78, 5) is 0. The fraction of sp³-hybridized carbons (Fsp3) is 0.700. The normalized spacial score (nSPS) is 12.3. The van der Waals surface area contributed by atoms with Crippen LogP contribution in [-0.4, -0.2) is 17.7 Å². The summed E-state index contributed by atoms with van der Waals surface area (Å²) in [7, 11) is 0. The summed E-state index contributed by atoms with van der Waals surface area (Å²) in [6.07, 6.45) is 13.1. The SMILES string of the molecule is CCC(N)SCCCCCCCCCCCOc1ccccc1. The Balaban J connectivity index is 1.75. The Morgan fingerprint density at radius 3 is 2.04 bits per heavy atom. The third-order valence-electron chi connectivity index (χ3n) is 4.03. The minimum Gasteiger partial charge on any atom is -0.494 e. The molecule has 0 aliphatic heterocycles. The van der Waals surface area contributed by atoms with Gasteiger partial charge in [0.15, 0.2) is 0 Å². The Morgan fingerprint density at radius 2 is 1.43 bits per heavy atom. The summed E-state index contributed by atoms with van der Waals surface area (Å²) in [6, 6.07) is 10.1. The highest BCUT2D eigenvalue weighted by Gasteiger charge is 1.98. The molecule has 132 valence electrons. The number of benzene rings is 1. The maximum atomic E-state index is 5.89. The Kier molecular flexibility index (Phi) is 13.2. The average molecular weight is 338 g/mol. The Hall–Kier alpha value is -0.670. The van der Waals surface area contributed by atoms with Crippen LogP contribution in [0.4, 0.5) is 0 Å². The molecule has 0 aliphatic carbocycles. The first-order chi connectivity index (χ1) is 11.3. The van der Waals surface area contributed by atoms with Crippen molar-refractivity contribution in [2.24, 2.45) is 5.73 Å². The lowest BCUT2D eigenvalue weighted by atomic mass is 10.1.